The number of nitrogens with one attached hydrogen (secondary N) is 3. The summed E-state index contributed by atoms with van der Waals surface area (Å²) in [5.41, 5.74) is 3.70. The Bertz CT molecular complexity index is 1050. The van der Waals surface area contributed by atoms with E-state index in [9.17, 15) is 19.2 Å². The molecule has 1 aliphatic carbocycles. The van der Waals surface area contributed by atoms with Gasteiger partial charge in [-0.1, -0.05) is 69.3 Å². The third kappa shape index (κ3) is 5.92. The lowest BCUT2D eigenvalue weighted by atomic mass is 9.86. The molecule has 1 atom stereocenters. The maximum absolute atomic E-state index is 12.7. The van der Waals surface area contributed by atoms with E-state index in [1.54, 1.807) is 20.8 Å². The van der Waals surface area contributed by atoms with Crippen LogP contribution in [-0.4, -0.2) is 54.7 Å². The number of carbonyl (C=O) groups is 4. The second-order valence-corrected chi connectivity index (χ2v) is 9.16. The highest BCUT2D eigenvalue weighted by molar-refractivity contribution is 5.90. The van der Waals surface area contributed by atoms with Gasteiger partial charge in [-0.25, -0.2) is 4.79 Å². The molecule has 34 heavy (non-hydrogen) atoms. The van der Waals surface area contributed by atoms with Crippen molar-refractivity contribution in [2.75, 3.05) is 19.7 Å². The molecular formula is C25H29N3O6. The molecule has 180 valence electrons. The number of fused-ring (bicyclic) bond motifs is 3. The molecule has 9 nitrogen and oxygen atoms in total. The topological polar surface area (TPSA) is 134 Å². The third-order valence-electron chi connectivity index (χ3n) is 5.59. The molecule has 0 saturated carbocycles. The highest BCUT2D eigenvalue weighted by atomic mass is 16.5. The van der Waals surface area contributed by atoms with E-state index in [0.29, 0.717) is 0 Å². The van der Waals surface area contributed by atoms with Gasteiger partial charge in [-0.3, -0.25) is 14.4 Å². The molecule has 3 amide bonds. The molecule has 0 radical (unpaired) electrons. The normalized spacial score (nSPS) is 13.3. The Labute approximate surface area is 197 Å². The minimum atomic E-state index is -1.19. The summed E-state index contributed by atoms with van der Waals surface area (Å²) in [5, 5.41) is 15.8. The molecule has 0 heterocycles. The summed E-state index contributed by atoms with van der Waals surface area (Å²) in [5.74, 6) is -2.53. The molecule has 2 aromatic carbocycles. The maximum Gasteiger partial charge on any atom is 0.407 e. The van der Waals surface area contributed by atoms with Crippen molar-refractivity contribution in [2.45, 2.75) is 32.7 Å². The Kier molecular flexibility index (Phi) is 7.55. The monoisotopic (exact) mass is 467 g/mol. The Morgan fingerprint density at radius 3 is 2.00 bits per heavy atom. The minimum absolute atomic E-state index is 0.107. The smallest absolute Gasteiger partial charge is 0.407 e. The van der Waals surface area contributed by atoms with Gasteiger partial charge in [-0.2, -0.15) is 0 Å². The van der Waals surface area contributed by atoms with Crippen LogP contribution in [0.3, 0.4) is 0 Å². The number of hydrogen-bond donors (Lipinski definition) is 4. The Hall–Kier alpha value is -3.88. The van der Waals surface area contributed by atoms with E-state index < -0.39 is 48.4 Å². The molecule has 4 N–H and O–H groups in total. The summed E-state index contributed by atoms with van der Waals surface area (Å²) in [6.45, 7) is 4.46. The van der Waals surface area contributed by atoms with Crippen LogP contribution in [0.2, 0.25) is 0 Å². The highest BCUT2D eigenvalue weighted by Gasteiger charge is 2.34. The number of benzene rings is 2. The Balaban J connectivity index is 1.61. The predicted octanol–water partition coefficient (Wildman–Crippen LogP) is 2.26. The van der Waals surface area contributed by atoms with Crippen LogP contribution in [0.1, 0.15) is 37.8 Å². The second-order valence-electron chi connectivity index (χ2n) is 9.16. The Morgan fingerprint density at radius 2 is 1.47 bits per heavy atom. The van der Waals surface area contributed by atoms with Crippen LogP contribution in [0.25, 0.3) is 11.1 Å². The molecule has 2 aromatic rings. The fraction of sp³-hybridized carbons (Fsp3) is 0.360. The van der Waals surface area contributed by atoms with Crippen LogP contribution in [0.15, 0.2) is 48.5 Å². The quantitative estimate of drug-likeness (QED) is 0.471. The van der Waals surface area contributed by atoms with Crippen LogP contribution in [0.4, 0.5) is 4.79 Å². The summed E-state index contributed by atoms with van der Waals surface area (Å²) in [7, 11) is 0. The van der Waals surface area contributed by atoms with E-state index in [1.165, 1.54) is 0 Å². The summed E-state index contributed by atoms with van der Waals surface area (Å²) in [6.07, 6.45) is -0.743. The molecule has 0 saturated heterocycles. The number of carbonyl (C=O) groups excluding carboxylic acids is 3. The first-order chi connectivity index (χ1) is 16.1. The maximum atomic E-state index is 12.7. The SMILES string of the molecule is CC(C)(C)[C@@H](NC(=O)OCC1c2ccccc2-c2ccccc21)C(=O)NCC(=O)NCC(=O)O. The fourth-order valence-electron chi connectivity index (χ4n) is 3.94. The first kappa shape index (κ1) is 24.8. The van der Waals surface area contributed by atoms with Crippen molar-refractivity contribution in [1.29, 1.82) is 0 Å². The van der Waals surface area contributed by atoms with Crippen molar-refractivity contribution in [3.05, 3.63) is 59.7 Å². The van der Waals surface area contributed by atoms with Crippen molar-refractivity contribution in [3.63, 3.8) is 0 Å². The zero-order valence-electron chi connectivity index (χ0n) is 19.4. The molecule has 0 unspecified atom stereocenters. The van der Waals surface area contributed by atoms with Crippen LogP contribution in [-0.2, 0) is 19.1 Å². The molecule has 0 aliphatic heterocycles. The van der Waals surface area contributed by atoms with Gasteiger partial charge in [0, 0.05) is 5.92 Å². The fourth-order valence-corrected chi connectivity index (χ4v) is 3.94. The van der Waals surface area contributed by atoms with E-state index in [0.717, 1.165) is 22.3 Å². The summed E-state index contributed by atoms with van der Waals surface area (Å²) in [6, 6.07) is 15.0. The molecule has 0 bridgehead atoms. The van der Waals surface area contributed by atoms with Gasteiger partial charge < -0.3 is 25.8 Å². The first-order valence-electron chi connectivity index (χ1n) is 11.0. The van der Waals surface area contributed by atoms with Gasteiger partial charge in [-0.05, 0) is 27.7 Å². The zero-order valence-corrected chi connectivity index (χ0v) is 19.4. The van der Waals surface area contributed by atoms with Crippen LogP contribution in [0, 0.1) is 5.41 Å². The summed E-state index contributed by atoms with van der Waals surface area (Å²) >= 11 is 0. The lowest BCUT2D eigenvalue weighted by molar-refractivity contribution is -0.137. The molecule has 3 rings (SSSR count). The van der Waals surface area contributed by atoms with Crippen molar-refractivity contribution < 1.29 is 29.0 Å². The highest BCUT2D eigenvalue weighted by Crippen LogP contribution is 2.44. The number of carboxylic acid groups (broad SMARTS) is 1. The number of alkyl carbamates (subject to hydrolysis) is 1. The van der Waals surface area contributed by atoms with Gasteiger partial charge >= 0.3 is 12.1 Å². The molecule has 0 aromatic heterocycles. The van der Waals surface area contributed by atoms with E-state index in [2.05, 4.69) is 16.0 Å². The summed E-state index contributed by atoms with van der Waals surface area (Å²) < 4.78 is 5.53. The average molecular weight is 468 g/mol. The average Bonchev–Trinajstić information content (AvgIpc) is 3.11. The van der Waals surface area contributed by atoms with E-state index >= 15 is 0 Å². The lowest BCUT2D eigenvalue weighted by Gasteiger charge is -2.30. The lowest BCUT2D eigenvalue weighted by Crippen LogP contribution is -2.55. The predicted molar refractivity (Wildman–Crippen MR) is 125 cm³/mol. The number of aliphatic carboxylic acids is 1. The number of rotatable bonds is 8. The zero-order chi connectivity index (χ0) is 24.9. The molecule has 9 heteroatoms. The number of hydrogen-bond acceptors (Lipinski definition) is 5. The van der Waals surface area contributed by atoms with Gasteiger partial charge in [0.15, 0.2) is 0 Å². The Morgan fingerprint density at radius 1 is 0.912 bits per heavy atom. The minimum Gasteiger partial charge on any atom is -0.480 e. The van der Waals surface area contributed by atoms with Crippen molar-refractivity contribution >= 4 is 23.9 Å². The van der Waals surface area contributed by atoms with E-state index in [1.807, 2.05) is 48.5 Å². The third-order valence-corrected chi connectivity index (χ3v) is 5.59. The molecule has 0 fully saturated rings. The van der Waals surface area contributed by atoms with Gasteiger partial charge in [0.2, 0.25) is 11.8 Å². The number of carboxylic acids is 1. The summed E-state index contributed by atoms with van der Waals surface area (Å²) in [4.78, 5) is 47.5. The van der Waals surface area contributed by atoms with E-state index in [-0.39, 0.29) is 12.5 Å². The van der Waals surface area contributed by atoms with Crippen LogP contribution < -0.4 is 16.0 Å². The van der Waals surface area contributed by atoms with Crippen molar-refractivity contribution in [3.8, 4) is 11.1 Å². The number of amides is 3. The van der Waals surface area contributed by atoms with Gasteiger partial charge in [-0.15, -0.1) is 0 Å². The molecular weight excluding hydrogens is 438 g/mol. The molecule has 0 spiro atoms. The van der Waals surface area contributed by atoms with E-state index in [4.69, 9.17) is 9.84 Å². The van der Waals surface area contributed by atoms with Gasteiger partial charge in [0.25, 0.3) is 0 Å². The number of ether oxygens (including phenoxy) is 1. The van der Waals surface area contributed by atoms with Crippen molar-refractivity contribution in [2.24, 2.45) is 5.41 Å². The largest absolute Gasteiger partial charge is 0.480 e. The van der Waals surface area contributed by atoms with Crippen LogP contribution >= 0.6 is 0 Å². The molecule has 1 aliphatic rings. The standard InChI is InChI=1S/C25H29N3O6/c1-25(2,3)22(23(32)27-12-20(29)26-13-21(30)31)28-24(33)34-14-19-17-10-6-4-8-15(17)16-9-5-7-11-18(16)19/h4-11,19,22H,12-14H2,1-3H3,(H,26,29)(H,27,32)(H,28,33)(H,30,31)/t22-/m0/s1. The van der Waals surface area contributed by atoms with Gasteiger partial charge in [0.05, 0.1) is 6.54 Å². The van der Waals surface area contributed by atoms with Crippen molar-refractivity contribution in [1.82, 2.24) is 16.0 Å². The van der Waals surface area contributed by atoms with Gasteiger partial charge in [0.1, 0.15) is 19.2 Å². The second kappa shape index (κ2) is 10.4. The van der Waals surface area contributed by atoms with Crippen LogP contribution in [0.5, 0.6) is 0 Å². The first-order valence-corrected chi connectivity index (χ1v) is 11.0.